The van der Waals surface area contributed by atoms with Crippen molar-refractivity contribution in [2.45, 2.75) is 20.0 Å². The summed E-state index contributed by atoms with van der Waals surface area (Å²) < 4.78 is 5.65. The Morgan fingerprint density at radius 3 is 2.83 bits per heavy atom. The molecule has 0 fully saturated rings. The molecule has 6 heteroatoms. The molecule has 2 aromatic rings. The Bertz CT molecular complexity index is 580. The number of hydrogen-bond donors (Lipinski definition) is 2. The van der Waals surface area contributed by atoms with Crippen molar-refractivity contribution in [1.82, 2.24) is 15.2 Å². The molecule has 0 aliphatic carbocycles. The predicted molar refractivity (Wildman–Crippen MR) is 68.1 cm³/mol. The van der Waals surface area contributed by atoms with Crippen LogP contribution >= 0.6 is 0 Å². The molecular weight excluding hydrogens is 232 g/mol. The first-order valence-corrected chi connectivity index (χ1v) is 5.60. The van der Waals surface area contributed by atoms with E-state index in [2.05, 4.69) is 20.5 Å². The molecule has 0 atom stereocenters. The van der Waals surface area contributed by atoms with Gasteiger partial charge in [-0.1, -0.05) is 12.1 Å². The van der Waals surface area contributed by atoms with Crippen molar-refractivity contribution < 1.29 is 4.74 Å². The first-order chi connectivity index (χ1) is 8.65. The summed E-state index contributed by atoms with van der Waals surface area (Å²) in [6.45, 7) is 3.89. The summed E-state index contributed by atoms with van der Waals surface area (Å²) in [5.74, 6) is 0.973. The van der Waals surface area contributed by atoms with E-state index in [-0.39, 0.29) is 17.6 Å². The largest absolute Gasteiger partial charge is 0.489 e. The third kappa shape index (κ3) is 3.07. The number of rotatable bonds is 4. The van der Waals surface area contributed by atoms with Gasteiger partial charge < -0.3 is 10.1 Å². The standard InChI is InChI=1S/C12H14N4O2/c1-8(2)18-10-6-4-3-5-9(10)14-12-15-11(17)7-13-16-12/h3-8H,1-2H3,(H2,14,15,16,17). The number of hydrogen-bond acceptors (Lipinski definition) is 5. The average molecular weight is 246 g/mol. The summed E-state index contributed by atoms with van der Waals surface area (Å²) in [7, 11) is 0. The molecule has 0 saturated heterocycles. The van der Waals surface area contributed by atoms with Crippen LogP contribution in [-0.4, -0.2) is 21.3 Å². The number of aromatic nitrogens is 3. The van der Waals surface area contributed by atoms with Crippen LogP contribution in [0.15, 0.2) is 35.3 Å². The summed E-state index contributed by atoms with van der Waals surface area (Å²) in [6.07, 6.45) is 1.18. The van der Waals surface area contributed by atoms with E-state index in [9.17, 15) is 4.79 Å². The van der Waals surface area contributed by atoms with Crippen molar-refractivity contribution in [3.8, 4) is 5.75 Å². The second-order valence-corrected chi connectivity index (χ2v) is 3.97. The quantitative estimate of drug-likeness (QED) is 0.858. The third-order valence-corrected chi connectivity index (χ3v) is 2.08. The minimum absolute atomic E-state index is 0.0638. The van der Waals surface area contributed by atoms with Crippen LogP contribution in [0.25, 0.3) is 0 Å². The van der Waals surface area contributed by atoms with Gasteiger partial charge in [-0.2, -0.15) is 0 Å². The molecule has 0 saturated carbocycles. The second kappa shape index (κ2) is 5.31. The Balaban J connectivity index is 2.26. The Morgan fingerprint density at radius 2 is 2.11 bits per heavy atom. The van der Waals surface area contributed by atoms with Crippen LogP contribution in [0.5, 0.6) is 5.75 Å². The molecule has 0 aliphatic heterocycles. The molecule has 2 N–H and O–H groups in total. The molecule has 0 amide bonds. The molecule has 94 valence electrons. The monoisotopic (exact) mass is 246 g/mol. The first-order valence-electron chi connectivity index (χ1n) is 5.60. The smallest absolute Gasteiger partial charge is 0.271 e. The highest BCUT2D eigenvalue weighted by Gasteiger charge is 2.06. The second-order valence-electron chi connectivity index (χ2n) is 3.97. The highest BCUT2D eigenvalue weighted by atomic mass is 16.5. The number of aromatic amines is 1. The van der Waals surface area contributed by atoms with Crippen LogP contribution in [0.2, 0.25) is 0 Å². The van der Waals surface area contributed by atoms with Gasteiger partial charge in [0.1, 0.15) is 11.9 Å². The lowest BCUT2D eigenvalue weighted by Gasteiger charge is -2.14. The van der Waals surface area contributed by atoms with Gasteiger partial charge in [-0.15, -0.1) is 10.2 Å². The summed E-state index contributed by atoms with van der Waals surface area (Å²) in [6, 6.07) is 7.42. The normalized spacial score (nSPS) is 10.4. The van der Waals surface area contributed by atoms with Crippen LogP contribution in [0, 0.1) is 0 Å². The SMILES string of the molecule is CC(C)Oc1ccccc1Nc1nncc(=O)[nH]1. The summed E-state index contributed by atoms with van der Waals surface area (Å²) in [4.78, 5) is 13.7. The van der Waals surface area contributed by atoms with Gasteiger partial charge in [0.15, 0.2) is 0 Å². The van der Waals surface area contributed by atoms with Crippen molar-refractivity contribution in [1.29, 1.82) is 0 Å². The summed E-state index contributed by atoms with van der Waals surface area (Å²) in [5, 5.41) is 10.3. The molecule has 1 aromatic carbocycles. The van der Waals surface area contributed by atoms with Crippen molar-refractivity contribution in [2.75, 3.05) is 5.32 Å². The molecule has 0 bridgehead atoms. The van der Waals surface area contributed by atoms with Crippen LogP contribution in [-0.2, 0) is 0 Å². The molecule has 0 unspecified atom stereocenters. The fourth-order valence-corrected chi connectivity index (χ4v) is 1.42. The Kier molecular flexibility index (Phi) is 3.57. The number of H-pyrrole nitrogens is 1. The van der Waals surface area contributed by atoms with Gasteiger partial charge in [-0.3, -0.25) is 9.78 Å². The molecule has 0 aliphatic rings. The van der Waals surface area contributed by atoms with Crippen molar-refractivity contribution in [3.63, 3.8) is 0 Å². The van der Waals surface area contributed by atoms with E-state index in [4.69, 9.17) is 4.74 Å². The molecule has 6 nitrogen and oxygen atoms in total. The Hall–Kier alpha value is -2.37. The van der Waals surface area contributed by atoms with Gasteiger partial charge in [0, 0.05) is 0 Å². The molecule has 18 heavy (non-hydrogen) atoms. The fraction of sp³-hybridized carbons (Fsp3) is 0.250. The van der Waals surface area contributed by atoms with Gasteiger partial charge >= 0.3 is 0 Å². The van der Waals surface area contributed by atoms with Crippen molar-refractivity contribution >= 4 is 11.6 Å². The van der Waals surface area contributed by atoms with Crippen molar-refractivity contribution in [2.24, 2.45) is 0 Å². The van der Waals surface area contributed by atoms with Gasteiger partial charge in [-0.05, 0) is 26.0 Å². The molecule has 1 heterocycles. The molecule has 2 rings (SSSR count). The summed E-state index contributed by atoms with van der Waals surface area (Å²) >= 11 is 0. The van der Waals surface area contributed by atoms with Crippen LogP contribution in [0.3, 0.4) is 0 Å². The molecule has 1 aromatic heterocycles. The highest BCUT2D eigenvalue weighted by Crippen LogP contribution is 2.26. The van der Waals surface area contributed by atoms with E-state index < -0.39 is 0 Å². The number of para-hydroxylation sites is 2. The van der Waals surface area contributed by atoms with E-state index in [1.165, 1.54) is 0 Å². The number of benzene rings is 1. The molecular formula is C12H14N4O2. The number of nitrogens with one attached hydrogen (secondary N) is 2. The first kappa shape index (κ1) is 12.1. The van der Waals surface area contributed by atoms with E-state index >= 15 is 0 Å². The van der Waals surface area contributed by atoms with E-state index in [1.807, 2.05) is 38.1 Å². The number of nitrogens with zero attached hydrogens (tertiary/aromatic N) is 2. The lowest BCUT2D eigenvalue weighted by Crippen LogP contribution is -2.12. The average Bonchev–Trinajstić information content (AvgIpc) is 2.31. The zero-order valence-electron chi connectivity index (χ0n) is 10.2. The number of anilines is 2. The topological polar surface area (TPSA) is 79.9 Å². The zero-order chi connectivity index (χ0) is 13.0. The van der Waals surface area contributed by atoms with Gasteiger partial charge in [0.2, 0.25) is 5.95 Å². The van der Waals surface area contributed by atoms with Gasteiger partial charge in [-0.25, -0.2) is 0 Å². The Morgan fingerprint density at radius 1 is 1.33 bits per heavy atom. The van der Waals surface area contributed by atoms with Gasteiger partial charge in [0.05, 0.1) is 11.8 Å². The highest BCUT2D eigenvalue weighted by molar-refractivity contribution is 5.61. The zero-order valence-corrected chi connectivity index (χ0v) is 10.2. The third-order valence-electron chi connectivity index (χ3n) is 2.08. The van der Waals surface area contributed by atoms with Gasteiger partial charge in [0.25, 0.3) is 5.56 Å². The van der Waals surface area contributed by atoms with E-state index in [0.717, 1.165) is 11.9 Å². The Labute approximate surface area is 104 Å². The van der Waals surface area contributed by atoms with Crippen LogP contribution in [0.1, 0.15) is 13.8 Å². The lowest BCUT2D eigenvalue weighted by atomic mass is 10.3. The lowest BCUT2D eigenvalue weighted by molar-refractivity contribution is 0.244. The molecule has 0 spiro atoms. The van der Waals surface area contributed by atoms with E-state index in [1.54, 1.807) is 0 Å². The maximum Gasteiger partial charge on any atom is 0.271 e. The van der Waals surface area contributed by atoms with Crippen LogP contribution < -0.4 is 15.6 Å². The fourth-order valence-electron chi connectivity index (χ4n) is 1.42. The van der Waals surface area contributed by atoms with Crippen LogP contribution in [0.4, 0.5) is 11.6 Å². The van der Waals surface area contributed by atoms with Crippen molar-refractivity contribution in [3.05, 3.63) is 40.8 Å². The minimum Gasteiger partial charge on any atom is -0.489 e. The maximum atomic E-state index is 11.1. The van der Waals surface area contributed by atoms with E-state index in [0.29, 0.717) is 5.75 Å². The number of ether oxygens (including phenoxy) is 1. The minimum atomic E-state index is -0.310. The summed E-state index contributed by atoms with van der Waals surface area (Å²) in [5.41, 5.74) is 0.414. The maximum absolute atomic E-state index is 11.1. The molecule has 0 radical (unpaired) electrons. The predicted octanol–water partition coefficient (Wildman–Crippen LogP) is 1.70.